The van der Waals surface area contributed by atoms with Gasteiger partial charge in [-0.05, 0) is 18.8 Å². The van der Waals surface area contributed by atoms with E-state index in [0.29, 0.717) is 12.5 Å². The molecule has 2 rings (SSSR count). The quantitative estimate of drug-likeness (QED) is 0.741. The Bertz CT molecular complexity index is 382. The lowest BCUT2D eigenvalue weighted by Gasteiger charge is -2.04. The van der Waals surface area contributed by atoms with Crippen LogP contribution >= 0.6 is 0 Å². The molecular weight excluding hydrogens is 171 g/mol. The van der Waals surface area contributed by atoms with E-state index in [1.807, 2.05) is 0 Å². The number of nitrogens with two attached hydrogens (primary N) is 1. The van der Waals surface area contributed by atoms with Gasteiger partial charge in [0, 0.05) is 18.8 Å². The van der Waals surface area contributed by atoms with Gasteiger partial charge in [-0.2, -0.15) is 0 Å². The minimum absolute atomic E-state index is 0.0133. The second-order valence-corrected chi connectivity index (χ2v) is 3.51. The van der Waals surface area contributed by atoms with Crippen LogP contribution in [0.2, 0.25) is 0 Å². The maximum absolute atomic E-state index is 12.8. The van der Waals surface area contributed by atoms with Gasteiger partial charge in [0.05, 0.1) is 0 Å². The number of nitrogens with zero attached hydrogens (tertiary/aromatic N) is 1. The van der Waals surface area contributed by atoms with Crippen molar-refractivity contribution in [3.05, 3.63) is 28.4 Å². The molecule has 0 unspecified atom stereocenters. The first-order valence-corrected chi connectivity index (χ1v) is 4.32. The van der Waals surface area contributed by atoms with Crippen LogP contribution < -0.4 is 11.3 Å². The Morgan fingerprint density at radius 3 is 2.92 bits per heavy atom. The predicted octanol–water partition coefficient (Wildman–Crippen LogP) is 0.980. The van der Waals surface area contributed by atoms with Crippen molar-refractivity contribution < 1.29 is 4.39 Å². The number of hydrogen-bond acceptors (Lipinski definition) is 2. The third-order valence-electron chi connectivity index (χ3n) is 2.23. The number of anilines is 1. The maximum atomic E-state index is 12.8. The fraction of sp³-hybridized carbons (Fsp3) is 0.444. The van der Waals surface area contributed by atoms with E-state index in [4.69, 9.17) is 5.73 Å². The molecule has 3 nitrogen and oxygen atoms in total. The highest BCUT2D eigenvalue weighted by Gasteiger charge is 2.22. The number of halogens is 1. The Labute approximate surface area is 75.0 Å². The summed E-state index contributed by atoms with van der Waals surface area (Å²) in [7, 11) is 0. The van der Waals surface area contributed by atoms with Gasteiger partial charge in [0.1, 0.15) is 11.5 Å². The van der Waals surface area contributed by atoms with Crippen molar-refractivity contribution in [1.82, 2.24) is 4.57 Å². The van der Waals surface area contributed by atoms with E-state index >= 15 is 0 Å². The van der Waals surface area contributed by atoms with Crippen molar-refractivity contribution in [1.29, 1.82) is 0 Å². The Morgan fingerprint density at radius 2 is 2.31 bits per heavy atom. The smallest absolute Gasteiger partial charge is 0.273 e. The molecule has 70 valence electrons. The van der Waals surface area contributed by atoms with Gasteiger partial charge in [-0.3, -0.25) is 4.79 Å². The van der Waals surface area contributed by atoms with Gasteiger partial charge >= 0.3 is 0 Å². The summed E-state index contributed by atoms with van der Waals surface area (Å²) in [5, 5.41) is 0. The first-order chi connectivity index (χ1) is 6.16. The molecule has 1 aromatic heterocycles. The van der Waals surface area contributed by atoms with Crippen LogP contribution in [0, 0.1) is 11.7 Å². The third kappa shape index (κ3) is 1.71. The molecule has 1 heterocycles. The van der Waals surface area contributed by atoms with E-state index in [1.165, 1.54) is 10.8 Å². The first kappa shape index (κ1) is 8.29. The Morgan fingerprint density at radius 1 is 1.62 bits per heavy atom. The lowest BCUT2D eigenvalue weighted by Crippen LogP contribution is -2.23. The zero-order valence-electron chi connectivity index (χ0n) is 7.16. The summed E-state index contributed by atoms with van der Waals surface area (Å²) in [6.45, 7) is 0.598. The van der Waals surface area contributed by atoms with Crippen molar-refractivity contribution in [2.45, 2.75) is 19.4 Å². The third-order valence-corrected chi connectivity index (χ3v) is 2.23. The summed E-state index contributed by atoms with van der Waals surface area (Å²) in [6, 6.07) is 1.06. The number of rotatable bonds is 2. The minimum atomic E-state index is -0.447. The van der Waals surface area contributed by atoms with Gasteiger partial charge < -0.3 is 10.3 Å². The van der Waals surface area contributed by atoms with Gasteiger partial charge in [0.2, 0.25) is 0 Å². The minimum Gasteiger partial charge on any atom is -0.394 e. The summed E-state index contributed by atoms with van der Waals surface area (Å²) in [5.74, 6) is 0.0941. The first-order valence-electron chi connectivity index (χ1n) is 4.32. The van der Waals surface area contributed by atoms with E-state index in [9.17, 15) is 9.18 Å². The zero-order valence-corrected chi connectivity index (χ0v) is 7.16. The summed E-state index contributed by atoms with van der Waals surface area (Å²) in [5.41, 5.74) is 5.05. The molecule has 2 N–H and O–H groups in total. The molecule has 0 aromatic carbocycles. The van der Waals surface area contributed by atoms with E-state index < -0.39 is 5.82 Å². The van der Waals surface area contributed by atoms with Gasteiger partial charge in [0.15, 0.2) is 0 Å². The standard InChI is InChI=1S/C9H11FN2O/c10-7-3-8(11)9(13)12(5-7)4-6-1-2-6/h3,5-6H,1-2,4,11H2. The Balaban J connectivity index is 2.36. The van der Waals surface area contributed by atoms with Crippen LogP contribution in [0.1, 0.15) is 12.8 Å². The molecule has 4 heteroatoms. The van der Waals surface area contributed by atoms with E-state index in [0.717, 1.165) is 18.9 Å². The highest BCUT2D eigenvalue weighted by Crippen LogP contribution is 2.30. The van der Waals surface area contributed by atoms with E-state index in [1.54, 1.807) is 0 Å². The topological polar surface area (TPSA) is 48.0 Å². The summed E-state index contributed by atoms with van der Waals surface area (Å²) >= 11 is 0. The SMILES string of the molecule is Nc1cc(F)cn(CC2CC2)c1=O. The molecule has 1 aromatic rings. The van der Waals surface area contributed by atoms with Crippen LogP contribution in [-0.4, -0.2) is 4.57 Å². The number of pyridine rings is 1. The molecule has 0 bridgehead atoms. The molecule has 0 amide bonds. The lowest BCUT2D eigenvalue weighted by molar-refractivity contribution is 0.558. The van der Waals surface area contributed by atoms with E-state index in [-0.39, 0.29) is 11.2 Å². The molecule has 1 saturated carbocycles. The van der Waals surface area contributed by atoms with Crippen LogP contribution in [0.15, 0.2) is 17.1 Å². The molecular formula is C9H11FN2O. The summed E-state index contributed by atoms with van der Waals surface area (Å²) in [6.07, 6.45) is 3.47. The highest BCUT2D eigenvalue weighted by atomic mass is 19.1. The molecule has 1 fully saturated rings. The lowest BCUT2D eigenvalue weighted by atomic mass is 10.3. The Kier molecular flexibility index (Phi) is 1.83. The molecule has 0 radical (unpaired) electrons. The number of hydrogen-bond donors (Lipinski definition) is 1. The monoisotopic (exact) mass is 182 g/mol. The van der Waals surface area contributed by atoms with Crippen molar-refractivity contribution in [2.75, 3.05) is 5.73 Å². The molecule has 1 aliphatic rings. The Hall–Kier alpha value is -1.32. The normalized spacial score (nSPS) is 16.1. The zero-order chi connectivity index (χ0) is 9.42. The average Bonchev–Trinajstić information content (AvgIpc) is 2.83. The van der Waals surface area contributed by atoms with Gasteiger partial charge in [0.25, 0.3) is 5.56 Å². The molecule has 0 atom stereocenters. The van der Waals surface area contributed by atoms with Crippen molar-refractivity contribution in [2.24, 2.45) is 5.92 Å². The second-order valence-electron chi connectivity index (χ2n) is 3.51. The van der Waals surface area contributed by atoms with Gasteiger partial charge in [-0.15, -0.1) is 0 Å². The fourth-order valence-corrected chi connectivity index (χ4v) is 1.34. The molecule has 0 saturated heterocycles. The van der Waals surface area contributed by atoms with Crippen LogP contribution in [0.25, 0.3) is 0 Å². The molecule has 1 aliphatic carbocycles. The van der Waals surface area contributed by atoms with Crippen LogP contribution in [0.3, 0.4) is 0 Å². The average molecular weight is 182 g/mol. The highest BCUT2D eigenvalue weighted by molar-refractivity contribution is 5.34. The van der Waals surface area contributed by atoms with Crippen molar-refractivity contribution in [3.63, 3.8) is 0 Å². The molecule has 0 aliphatic heterocycles. The summed E-state index contributed by atoms with van der Waals surface area (Å²) < 4.78 is 14.2. The van der Waals surface area contributed by atoms with Crippen LogP contribution in [0.5, 0.6) is 0 Å². The van der Waals surface area contributed by atoms with Crippen molar-refractivity contribution in [3.8, 4) is 0 Å². The number of aromatic nitrogens is 1. The maximum Gasteiger partial charge on any atom is 0.273 e. The van der Waals surface area contributed by atoms with Gasteiger partial charge in [-0.25, -0.2) is 4.39 Å². The largest absolute Gasteiger partial charge is 0.394 e. The predicted molar refractivity (Wildman–Crippen MR) is 47.8 cm³/mol. The molecule has 0 spiro atoms. The van der Waals surface area contributed by atoms with Crippen LogP contribution in [0.4, 0.5) is 10.1 Å². The van der Waals surface area contributed by atoms with Crippen molar-refractivity contribution >= 4 is 5.69 Å². The second kappa shape index (κ2) is 2.87. The summed E-state index contributed by atoms with van der Waals surface area (Å²) in [4.78, 5) is 11.4. The molecule has 13 heavy (non-hydrogen) atoms. The number of nitrogen functional groups attached to an aromatic ring is 1. The fourth-order valence-electron chi connectivity index (χ4n) is 1.34. The van der Waals surface area contributed by atoms with Crippen LogP contribution in [-0.2, 0) is 6.54 Å². The van der Waals surface area contributed by atoms with E-state index in [2.05, 4.69) is 0 Å². The van der Waals surface area contributed by atoms with Gasteiger partial charge in [-0.1, -0.05) is 0 Å².